The molecular weight excluding hydrogens is 668 g/mol. The topological polar surface area (TPSA) is 87.6 Å². The van der Waals surface area contributed by atoms with Crippen LogP contribution >= 0.6 is 11.6 Å². The summed E-state index contributed by atoms with van der Waals surface area (Å²) < 4.78 is 33.2. The van der Waals surface area contributed by atoms with Crippen molar-refractivity contribution in [2.45, 2.75) is 94.3 Å². The summed E-state index contributed by atoms with van der Waals surface area (Å²) in [6, 6.07) is 22.3. The molecule has 274 valence electrons. The van der Waals surface area contributed by atoms with Crippen LogP contribution in [0.1, 0.15) is 85.0 Å². The third-order valence-corrected chi connectivity index (χ3v) is 11.6. The van der Waals surface area contributed by atoms with E-state index in [9.17, 15) is 13.6 Å². The molecule has 3 aromatic carbocycles. The van der Waals surface area contributed by atoms with Crippen LogP contribution in [-0.2, 0) is 12.0 Å². The highest BCUT2D eigenvalue weighted by Crippen LogP contribution is 2.41. The van der Waals surface area contributed by atoms with Gasteiger partial charge < -0.3 is 20.5 Å². The van der Waals surface area contributed by atoms with Gasteiger partial charge in [0.25, 0.3) is 5.91 Å². The molecule has 2 aliphatic rings. The van der Waals surface area contributed by atoms with Gasteiger partial charge in [-0.15, -0.1) is 0 Å². The zero-order valence-electron chi connectivity index (χ0n) is 30.5. The molecule has 1 amide bonds. The van der Waals surface area contributed by atoms with E-state index >= 15 is 0 Å². The SMILES string of the molecule is CN(C)C1(c2cccc(F)c2)CCC(N)CC1.Cc1onc(-c2c(F)cccc2Cl)c1C(=O)NC1CCC(CCc2ccccc2)(N(C)C)CC1. The lowest BCUT2D eigenvalue weighted by atomic mass is 9.74. The average Bonchev–Trinajstić information content (AvgIpc) is 3.49. The highest BCUT2D eigenvalue weighted by Gasteiger charge is 2.39. The summed E-state index contributed by atoms with van der Waals surface area (Å²) in [5.41, 5.74) is 8.92. The summed E-state index contributed by atoms with van der Waals surface area (Å²) in [5, 5.41) is 7.28. The van der Waals surface area contributed by atoms with Crippen LogP contribution in [0.25, 0.3) is 11.3 Å². The van der Waals surface area contributed by atoms with Crippen LogP contribution in [-0.4, -0.2) is 66.7 Å². The van der Waals surface area contributed by atoms with Gasteiger partial charge in [0, 0.05) is 23.2 Å². The van der Waals surface area contributed by atoms with Gasteiger partial charge in [-0.3, -0.25) is 9.69 Å². The highest BCUT2D eigenvalue weighted by molar-refractivity contribution is 6.33. The van der Waals surface area contributed by atoms with Crippen molar-refractivity contribution in [2.75, 3.05) is 28.2 Å². The maximum absolute atomic E-state index is 14.5. The minimum Gasteiger partial charge on any atom is -0.360 e. The van der Waals surface area contributed by atoms with Crippen LogP contribution in [0, 0.1) is 18.6 Å². The standard InChI is InChI=1S/C27H31ClFN3O2.C14H21FN2/c1-18-23(25(31-34-18)24-21(28)10-7-11-22(24)29)26(33)30-20-13-16-27(17-14-20,32(2)3)15-12-19-8-5-4-6-9-19;1-17(2)14(8-6-13(16)7-9-14)11-4-3-5-12(15)10-11/h4-11,20H,12-17H2,1-3H3,(H,30,33);3-5,10,13H,6-9,16H2,1-2H3. The van der Waals surface area contributed by atoms with Crippen LogP contribution in [0.3, 0.4) is 0 Å². The molecule has 51 heavy (non-hydrogen) atoms. The lowest BCUT2D eigenvalue weighted by Crippen LogP contribution is -2.51. The molecule has 0 bridgehead atoms. The van der Waals surface area contributed by atoms with Gasteiger partial charge in [0.1, 0.15) is 28.7 Å². The van der Waals surface area contributed by atoms with E-state index in [4.69, 9.17) is 21.9 Å². The molecule has 6 rings (SSSR count). The second kappa shape index (κ2) is 16.8. The first-order valence-electron chi connectivity index (χ1n) is 18.0. The monoisotopic (exact) mass is 719 g/mol. The third kappa shape index (κ3) is 8.88. The maximum Gasteiger partial charge on any atom is 0.257 e. The molecule has 2 aliphatic carbocycles. The molecule has 1 heterocycles. The van der Waals surface area contributed by atoms with Crippen molar-refractivity contribution in [3.63, 3.8) is 0 Å². The number of nitrogens with zero attached hydrogens (tertiary/aromatic N) is 3. The zero-order valence-corrected chi connectivity index (χ0v) is 31.3. The van der Waals surface area contributed by atoms with Crippen molar-refractivity contribution in [3.8, 4) is 11.3 Å². The van der Waals surface area contributed by atoms with Crippen LogP contribution in [0.15, 0.2) is 77.3 Å². The molecule has 10 heteroatoms. The van der Waals surface area contributed by atoms with E-state index in [0.29, 0.717) is 11.8 Å². The molecule has 0 atom stereocenters. The number of halogens is 3. The fourth-order valence-corrected chi connectivity index (χ4v) is 8.18. The van der Waals surface area contributed by atoms with E-state index in [1.165, 1.54) is 23.8 Å². The number of carbonyl (C=O) groups excluding carboxylic acids is 1. The Hall–Kier alpha value is -3.63. The Labute approximate surface area is 306 Å². The molecule has 2 saturated carbocycles. The van der Waals surface area contributed by atoms with Gasteiger partial charge in [-0.2, -0.15) is 0 Å². The normalized spacial score (nSPS) is 23.5. The number of nitrogens with two attached hydrogens (primary N) is 1. The van der Waals surface area contributed by atoms with Crippen molar-refractivity contribution in [1.82, 2.24) is 20.3 Å². The minimum atomic E-state index is -0.540. The van der Waals surface area contributed by atoms with Gasteiger partial charge in [-0.1, -0.05) is 65.3 Å². The summed E-state index contributed by atoms with van der Waals surface area (Å²) in [5.74, 6) is -0.659. The molecule has 0 spiro atoms. The molecule has 2 fully saturated rings. The van der Waals surface area contributed by atoms with Crippen molar-refractivity contribution >= 4 is 17.5 Å². The zero-order chi connectivity index (χ0) is 36.8. The number of hydrogen-bond acceptors (Lipinski definition) is 6. The Morgan fingerprint density at radius 3 is 2.20 bits per heavy atom. The van der Waals surface area contributed by atoms with E-state index in [0.717, 1.165) is 69.8 Å². The smallest absolute Gasteiger partial charge is 0.257 e. The van der Waals surface area contributed by atoms with Gasteiger partial charge in [-0.05, 0) is 135 Å². The van der Waals surface area contributed by atoms with Crippen molar-refractivity contribution in [2.24, 2.45) is 5.73 Å². The molecule has 0 unspecified atom stereocenters. The predicted molar refractivity (Wildman–Crippen MR) is 201 cm³/mol. The highest BCUT2D eigenvalue weighted by atomic mass is 35.5. The average molecular weight is 720 g/mol. The number of aryl methyl sites for hydroxylation is 2. The number of aromatic nitrogens is 1. The van der Waals surface area contributed by atoms with Gasteiger partial charge in [-0.25, -0.2) is 8.78 Å². The van der Waals surface area contributed by atoms with Gasteiger partial charge >= 0.3 is 0 Å². The number of nitrogens with one attached hydrogen (secondary N) is 1. The first kappa shape index (κ1) is 38.6. The molecule has 1 aromatic heterocycles. The summed E-state index contributed by atoms with van der Waals surface area (Å²) >= 11 is 6.22. The van der Waals surface area contributed by atoms with Gasteiger partial charge in [0.05, 0.1) is 10.6 Å². The number of amides is 1. The lowest BCUT2D eigenvalue weighted by molar-refractivity contribution is 0.0717. The van der Waals surface area contributed by atoms with Crippen LogP contribution < -0.4 is 11.1 Å². The molecule has 7 nitrogen and oxygen atoms in total. The molecule has 0 saturated heterocycles. The Morgan fingerprint density at radius 2 is 1.59 bits per heavy atom. The van der Waals surface area contributed by atoms with Crippen LogP contribution in [0.5, 0.6) is 0 Å². The number of carbonyl (C=O) groups is 1. The largest absolute Gasteiger partial charge is 0.360 e. The Morgan fingerprint density at radius 1 is 0.922 bits per heavy atom. The summed E-state index contributed by atoms with van der Waals surface area (Å²) in [7, 11) is 8.44. The Balaban J connectivity index is 0.000000248. The summed E-state index contributed by atoms with van der Waals surface area (Å²) in [4.78, 5) is 17.8. The minimum absolute atomic E-state index is 0.0375. The van der Waals surface area contributed by atoms with Crippen molar-refractivity contribution in [1.29, 1.82) is 0 Å². The van der Waals surface area contributed by atoms with Crippen molar-refractivity contribution in [3.05, 3.63) is 112 Å². The van der Waals surface area contributed by atoms with Gasteiger partial charge in [0.15, 0.2) is 0 Å². The Kier molecular flexibility index (Phi) is 12.7. The third-order valence-electron chi connectivity index (χ3n) is 11.3. The Bertz CT molecular complexity index is 1730. The van der Waals surface area contributed by atoms with E-state index in [2.05, 4.69) is 72.7 Å². The fraction of sp³-hybridized carbons (Fsp3) is 0.463. The lowest BCUT2D eigenvalue weighted by Gasteiger charge is -2.45. The second-order valence-electron chi connectivity index (χ2n) is 14.7. The predicted octanol–water partition coefficient (Wildman–Crippen LogP) is 8.53. The molecular formula is C41H52ClF2N5O2. The number of rotatable bonds is 9. The van der Waals surface area contributed by atoms with Crippen LogP contribution in [0.2, 0.25) is 5.02 Å². The first-order chi connectivity index (χ1) is 24.3. The number of hydrogen-bond donors (Lipinski definition) is 2. The summed E-state index contributed by atoms with van der Waals surface area (Å²) in [6.45, 7) is 1.65. The quantitative estimate of drug-likeness (QED) is 0.180. The molecule has 0 aliphatic heterocycles. The van der Waals surface area contributed by atoms with Crippen molar-refractivity contribution < 1.29 is 18.1 Å². The van der Waals surface area contributed by atoms with E-state index in [1.54, 1.807) is 25.1 Å². The summed E-state index contributed by atoms with van der Waals surface area (Å²) in [6.07, 6.45) is 9.86. The van der Waals surface area contributed by atoms with E-state index in [1.807, 2.05) is 12.1 Å². The molecule has 4 aromatic rings. The molecule has 0 radical (unpaired) electrons. The fourth-order valence-electron chi connectivity index (χ4n) is 7.92. The second-order valence-corrected chi connectivity index (χ2v) is 15.1. The number of benzene rings is 3. The van der Waals surface area contributed by atoms with E-state index in [-0.39, 0.29) is 50.7 Å². The van der Waals surface area contributed by atoms with E-state index < -0.39 is 5.82 Å². The van der Waals surface area contributed by atoms with Gasteiger partial charge in [0.2, 0.25) is 0 Å². The first-order valence-corrected chi connectivity index (χ1v) is 18.3. The maximum atomic E-state index is 14.5. The molecule has 3 N–H and O–H groups in total. The van der Waals surface area contributed by atoms with Crippen LogP contribution in [0.4, 0.5) is 8.78 Å².